The van der Waals surface area contributed by atoms with Crippen molar-refractivity contribution in [1.29, 1.82) is 0 Å². The Morgan fingerprint density at radius 3 is 2.55 bits per heavy atom. The highest BCUT2D eigenvalue weighted by atomic mass is 35.5. The lowest BCUT2D eigenvalue weighted by molar-refractivity contribution is -0.142. The molecular formula is C20H20Cl2N4O4S. The van der Waals surface area contributed by atoms with Gasteiger partial charge in [0.1, 0.15) is 11.8 Å². The van der Waals surface area contributed by atoms with Gasteiger partial charge in [-0.15, -0.1) is 11.3 Å². The van der Waals surface area contributed by atoms with Crippen molar-refractivity contribution in [3.8, 4) is 0 Å². The lowest BCUT2D eigenvalue weighted by Crippen LogP contribution is -2.52. The van der Waals surface area contributed by atoms with Gasteiger partial charge in [-0.05, 0) is 31.0 Å². The van der Waals surface area contributed by atoms with Crippen LogP contribution in [-0.2, 0) is 9.53 Å². The number of thiazole rings is 1. The molecule has 2 fully saturated rings. The van der Waals surface area contributed by atoms with Crippen LogP contribution in [0, 0.1) is 0 Å². The van der Waals surface area contributed by atoms with Gasteiger partial charge in [0.15, 0.2) is 5.13 Å². The smallest absolute Gasteiger partial charge is 0.273 e. The third kappa shape index (κ3) is 5.01. The molecule has 1 aromatic carbocycles. The summed E-state index contributed by atoms with van der Waals surface area (Å²) in [6, 6.07) is 4.58. The van der Waals surface area contributed by atoms with Gasteiger partial charge >= 0.3 is 0 Å². The number of carbonyl (C=O) groups excluding carboxylic acids is 3. The highest BCUT2D eigenvalue weighted by Gasteiger charge is 2.32. The van der Waals surface area contributed by atoms with Gasteiger partial charge < -0.3 is 14.5 Å². The lowest BCUT2D eigenvalue weighted by Gasteiger charge is -2.35. The first-order valence-corrected chi connectivity index (χ1v) is 11.5. The summed E-state index contributed by atoms with van der Waals surface area (Å²) in [5, 5.41) is 5.22. The molecule has 3 amide bonds. The molecule has 0 saturated carbocycles. The fraction of sp³-hybridized carbons (Fsp3) is 0.400. The van der Waals surface area contributed by atoms with E-state index in [0.717, 1.165) is 24.2 Å². The Hall–Kier alpha value is -2.20. The molecule has 8 nitrogen and oxygen atoms in total. The molecule has 31 heavy (non-hydrogen) atoms. The predicted octanol–water partition coefficient (Wildman–Crippen LogP) is 3.17. The average molecular weight is 483 g/mol. The number of ether oxygens (including phenoxy) is 1. The minimum absolute atomic E-state index is 0.00381. The van der Waals surface area contributed by atoms with Crippen molar-refractivity contribution in [3.05, 3.63) is 44.9 Å². The molecule has 4 rings (SSSR count). The SMILES string of the molecule is O=C(Nc1nc(C(=O)N2CCN(C(=O)[C@H]3CCCO3)CC2)cs1)c1ccc(Cl)cc1Cl. The molecule has 1 aromatic heterocycles. The van der Waals surface area contributed by atoms with Crippen LogP contribution in [0.25, 0.3) is 0 Å². The summed E-state index contributed by atoms with van der Waals surface area (Å²) in [6.45, 7) is 2.41. The molecule has 2 saturated heterocycles. The second-order valence-electron chi connectivity index (χ2n) is 7.24. The molecule has 11 heteroatoms. The topological polar surface area (TPSA) is 91.8 Å². The highest BCUT2D eigenvalue weighted by Crippen LogP contribution is 2.24. The van der Waals surface area contributed by atoms with Crippen molar-refractivity contribution in [2.75, 3.05) is 38.1 Å². The predicted molar refractivity (Wildman–Crippen MR) is 118 cm³/mol. The van der Waals surface area contributed by atoms with E-state index in [1.807, 2.05) is 0 Å². The van der Waals surface area contributed by atoms with E-state index in [-0.39, 0.29) is 34.2 Å². The summed E-state index contributed by atoms with van der Waals surface area (Å²) in [5.74, 6) is -0.661. The Bertz CT molecular complexity index is 1000. The van der Waals surface area contributed by atoms with Crippen LogP contribution < -0.4 is 5.32 Å². The van der Waals surface area contributed by atoms with Crippen molar-refractivity contribution in [2.45, 2.75) is 18.9 Å². The van der Waals surface area contributed by atoms with E-state index in [9.17, 15) is 14.4 Å². The summed E-state index contributed by atoms with van der Waals surface area (Å²) < 4.78 is 5.46. The standard InChI is InChI=1S/C20H20Cl2N4O4S/c21-12-3-4-13(14(22)10-12)17(27)24-20-23-15(11-31-20)18(28)25-5-7-26(8-6-25)19(29)16-2-1-9-30-16/h3-4,10-11,16H,1-2,5-9H2,(H,23,24,27)/t16-/m1/s1. The molecule has 0 bridgehead atoms. The minimum atomic E-state index is -0.434. The fourth-order valence-electron chi connectivity index (χ4n) is 3.54. The number of carbonyl (C=O) groups is 3. The molecule has 1 N–H and O–H groups in total. The maximum atomic E-state index is 12.8. The molecule has 0 aliphatic carbocycles. The fourth-order valence-corrected chi connectivity index (χ4v) is 4.71. The molecule has 2 aliphatic heterocycles. The number of benzene rings is 1. The zero-order valence-electron chi connectivity index (χ0n) is 16.5. The van der Waals surface area contributed by atoms with Gasteiger partial charge in [-0.2, -0.15) is 0 Å². The zero-order valence-corrected chi connectivity index (χ0v) is 18.8. The van der Waals surface area contributed by atoms with E-state index < -0.39 is 5.91 Å². The van der Waals surface area contributed by atoms with Crippen LogP contribution in [0.2, 0.25) is 10.0 Å². The molecule has 164 valence electrons. The van der Waals surface area contributed by atoms with Gasteiger partial charge in [0.2, 0.25) is 0 Å². The zero-order chi connectivity index (χ0) is 22.0. The number of nitrogens with one attached hydrogen (secondary N) is 1. The van der Waals surface area contributed by atoms with Gasteiger partial charge in [-0.25, -0.2) is 4.98 Å². The third-order valence-corrected chi connectivity index (χ3v) is 6.51. The quantitative estimate of drug-likeness (QED) is 0.722. The Balaban J connectivity index is 1.33. The second-order valence-corrected chi connectivity index (χ2v) is 8.94. The number of halogens is 2. The van der Waals surface area contributed by atoms with Crippen LogP contribution in [0.3, 0.4) is 0 Å². The van der Waals surface area contributed by atoms with Crippen molar-refractivity contribution in [2.24, 2.45) is 0 Å². The van der Waals surface area contributed by atoms with E-state index in [4.69, 9.17) is 27.9 Å². The lowest BCUT2D eigenvalue weighted by atomic mass is 10.2. The maximum absolute atomic E-state index is 12.8. The van der Waals surface area contributed by atoms with Crippen LogP contribution >= 0.6 is 34.5 Å². The van der Waals surface area contributed by atoms with Crippen molar-refractivity contribution < 1.29 is 19.1 Å². The monoisotopic (exact) mass is 482 g/mol. The van der Waals surface area contributed by atoms with Crippen LogP contribution in [0.4, 0.5) is 5.13 Å². The van der Waals surface area contributed by atoms with Crippen molar-refractivity contribution in [1.82, 2.24) is 14.8 Å². The molecular weight excluding hydrogens is 463 g/mol. The average Bonchev–Trinajstić information content (AvgIpc) is 3.45. The number of rotatable bonds is 4. The summed E-state index contributed by atoms with van der Waals surface area (Å²) in [6.07, 6.45) is 1.31. The Morgan fingerprint density at radius 1 is 1.13 bits per heavy atom. The normalized spacial score (nSPS) is 18.8. The van der Waals surface area contributed by atoms with Gasteiger partial charge in [0.05, 0.1) is 10.6 Å². The number of piperazine rings is 1. The summed E-state index contributed by atoms with van der Waals surface area (Å²) in [4.78, 5) is 45.3. The van der Waals surface area contributed by atoms with Crippen molar-refractivity contribution in [3.63, 3.8) is 0 Å². The first-order chi connectivity index (χ1) is 14.9. The van der Waals surface area contributed by atoms with Crippen molar-refractivity contribution >= 4 is 57.4 Å². The second kappa shape index (κ2) is 9.52. The van der Waals surface area contributed by atoms with E-state index in [1.54, 1.807) is 21.2 Å². The van der Waals surface area contributed by atoms with E-state index in [0.29, 0.717) is 42.9 Å². The summed E-state index contributed by atoms with van der Waals surface area (Å²) >= 11 is 13.1. The minimum Gasteiger partial charge on any atom is -0.368 e. The molecule has 1 atom stereocenters. The molecule has 2 aliphatic rings. The van der Waals surface area contributed by atoms with Crippen LogP contribution in [0.15, 0.2) is 23.6 Å². The number of nitrogens with zero attached hydrogens (tertiary/aromatic N) is 3. The number of anilines is 1. The van der Waals surface area contributed by atoms with Gasteiger partial charge in [0.25, 0.3) is 17.7 Å². The molecule has 0 unspecified atom stereocenters. The highest BCUT2D eigenvalue weighted by molar-refractivity contribution is 7.14. The van der Waals surface area contributed by atoms with Gasteiger partial charge in [-0.1, -0.05) is 23.2 Å². The van der Waals surface area contributed by atoms with Crippen LogP contribution in [-0.4, -0.2) is 71.4 Å². The number of hydrogen-bond acceptors (Lipinski definition) is 6. The van der Waals surface area contributed by atoms with E-state index in [1.165, 1.54) is 12.1 Å². The summed E-state index contributed by atoms with van der Waals surface area (Å²) in [5.41, 5.74) is 0.516. The Morgan fingerprint density at radius 2 is 1.87 bits per heavy atom. The Kier molecular flexibility index (Phi) is 6.76. The largest absolute Gasteiger partial charge is 0.368 e. The first-order valence-electron chi connectivity index (χ1n) is 9.84. The van der Waals surface area contributed by atoms with Crippen LogP contribution in [0.1, 0.15) is 33.7 Å². The van der Waals surface area contributed by atoms with E-state index in [2.05, 4.69) is 10.3 Å². The van der Waals surface area contributed by atoms with Gasteiger partial charge in [-0.3, -0.25) is 19.7 Å². The maximum Gasteiger partial charge on any atom is 0.273 e. The van der Waals surface area contributed by atoms with Gasteiger partial charge in [0, 0.05) is 43.2 Å². The molecule has 3 heterocycles. The number of amides is 3. The number of hydrogen-bond donors (Lipinski definition) is 1. The molecule has 0 radical (unpaired) electrons. The summed E-state index contributed by atoms with van der Waals surface area (Å²) in [7, 11) is 0. The molecule has 2 aromatic rings. The Labute approximate surface area is 193 Å². The van der Waals surface area contributed by atoms with E-state index >= 15 is 0 Å². The molecule has 0 spiro atoms. The number of aromatic nitrogens is 1. The third-order valence-electron chi connectivity index (χ3n) is 5.20. The van der Waals surface area contributed by atoms with Crippen LogP contribution in [0.5, 0.6) is 0 Å². The first kappa shape index (κ1) is 22.0.